The first-order chi connectivity index (χ1) is 13.9. The molecule has 0 aliphatic rings. The van der Waals surface area contributed by atoms with Crippen molar-refractivity contribution in [1.29, 1.82) is 0 Å². The van der Waals surface area contributed by atoms with Crippen LogP contribution in [-0.2, 0) is 14.3 Å². The largest absolute Gasteiger partial charge is 0.493 e. The zero-order valence-corrected chi connectivity index (χ0v) is 16.6. The third-order valence-electron chi connectivity index (χ3n) is 3.80. The van der Waals surface area contributed by atoms with E-state index >= 15 is 0 Å². The summed E-state index contributed by atoms with van der Waals surface area (Å²) in [6, 6.07) is 11.8. The van der Waals surface area contributed by atoms with Crippen LogP contribution < -0.4 is 14.8 Å². The summed E-state index contributed by atoms with van der Waals surface area (Å²) >= 11 is 0. The van der Waals surface area contributed by atoms with E-state index in [9.17, 15) is 14.4 Å². The fourth-order valence-electron chi connectivity index (χ4n) is 2.42. The Hall–Kier alpha value is -3.61. The first-order valence-corrected chi connectivity index (χ1v) is 8.99. The lowest BCUT2D eigenvalue weighted by atomic mass is 10.1. The summed E-state index contributed by atoms with van der Waals surface area (Å²) in [7, 11) is 1.53. The zero-order valence-electron chi connectivity index (χ0n) is 16.6. The molecule has 0 saturated carbocycles. The van der Waals surface area contributed by atoms with Gasteiger partial charge in [0, 0.05) is 17.3 Å². The lowest BCUT2D eigenvalue weighted by molar-refractivity contribution is -0.142. The standard InChI is InChI=1S/C22H23NO6/c1-4-28-19-10-8-16(12-20(19)27-3)9-11-22(26)29-14-21(25)23-18-7-5-6-17(13-18)15(2)24/h5-13H,4,14H2,1-3H3,(H,23,25)/b11-9+. The molecule has 0 fully saturated rings. The van der Waals surface area contributed by atoms with E-state index in [1.165, 1.54) is 20.1 Å². The van der Waals surface area contributed by atoms with Crippen LogP contribution in [0, 0.1) is 0 Å². The summed E-state index contributed by atoms with van der Waals surface area (Å²) in [5.41, 5.74) is 1.65. The molecule has 0 aromatic heterocycles. The van der Waals surface area contributed by atoms with Crippen molar-refractivity contribution >= 4 is 29.4 Å². The SMILES string of the molecule is CCOc1ccc(/C=C/C(=O)OCC(=O)Nc2cccc(C(C)=O)c2)cc1OC. The van der Waals surface area contributed by atoms with E-state index in [2.05, 4.69) is 5.32 Å². The number of anilines is 1. The van der Waals surface area contributed by atoms with E-state index in [0.29, 0.717) is 34.9 Å². The fraction of sp³-hybridized carbons (Fsp3) is 0.227. The molecular formula is C22H23NO6. The summed E-state index contributed by atoms with van der Waals surface area (Å²) in [4.78, 5) is 35.2. The summed E-state index contributed by atoms with van der Waals surface area (Å²) < 4.78 is 15.6. The predicted octanol–water partition coefficient (Wildman–Crippen LogP) is 3.49. The van der Waals surface area contributed by atoms with Gasteiger partial charge < -0.3 is 19.5 Å². The molecule has 29 heavy (non-hydrogen) atoms. The van der Waals surface area contributed by atoms with Crippen molar-refractivity contribution in [3.63, 3.8) is 0 Å². The summed E-state index contributed by atoms with van der Waals surface area (Å²) in [6.07, 6.45) is 2.77. The number of ether oxygens (including phenoxy) is 3. The number of ketones is 1. The average molecular weight is 397 g/mol. The van der Waals surface area contributed by atoms with Crippen molar-refractivity contribution in [2.45, 2.75) is 13.8 Å². The number of carbonyl (C=O) groups is 3. The highest BCUT2D eigenvalue weighted by Crippen LogP contribution is 2.28. The van der Waals surface area contributed by atoms with E-state index in [1.807, 2.05) is 6.92 Å². The molecule has 7 heteroatoms. The molecule has 0 saturated heterocycles. The molecule has 0 unspecified atom stereocenters. The average Bonchev–Trinajstić information content (AvgIpc) is 2.71. The van der Waals surface area contributed by atoms with Crippen molar-refractivity contribution in [1.82, 2.24) is 0 Å². The van der Waals surface area contributed by atoms with Gasteiger partial charge in [-0.3, -0.25) is 9.59 Å². The maximum Gasteiger partial charge on any atom is 0.331 e. The van der Waals surface area contributed by atoms with Gasteiger partial charge in [0.1, 0.15) is 0 Å². The Morgan fingerprint density at radius 2 is 1.86 bits per heavy atom. The normalized spacial score (nSPS) is 10.4. The van der Waals surface area contributed by atoms with Gasteiger partial charge in [0.15, 0.2) is 23.9 Å². The molecule has 2 aromatic carbocycles. The van der Waals surface area contributed by atoms with Gasteiger partial charge in [0.05, 0.1) is 13.7 Å². The molecule has 0 heterocycles. The third-order valence-corrected chi connectivity index (χ3v) is 3.80. The number of Topliss-reactive ketones (excluding diaryl/α,β-unsaturated/α-hetero) is 1. The number of esters is 1. The van der Waals surface area contributed by atoms with E-state index in [1.54, 1.807) is 48.5 Å². The lowest BCUT2D eigenvalue weighted by Crippen LogP contribution is -2.20. The monoisotopic (exact) mass is 397 g/mol. The van der Waals surface area contributed by atoms with Crippen molar-refractivity contribution in [2.75, 3.05) is 25.6 Å². The number of benzene rings is 2. The minimum absolute atomic E-state index is 0.108. The Bertz CT molecular complexity index is 919. The Kier molecular flexibility index (Phi) is 7.97. The van der Waals surface area contributed by atoms with Crippen LogP contribution in [0.15, 0.2) is 48.5 Å². The van der Waals surface area contributed by atoms with Crippen LogP contribution in [0.3, 0.4) is 0 Å². The first-order valence-electron chi connectivity index (χ1n) is 8.99. The number of nitrogens with one attached hydrogen (secondary N) is 1. The smallest absolute Gasteiger partial charge is 0.331 e. The highest BCUT2D eigenvalue weighted by atomic mass is 16.5. The van der Waals surface area contributed by atoms with Crippen molar-refractivity contribution in [2.24, 2.45) is 0 Å². The lowest BCUT2D eigenvalue weighted by Gasteiger charge is -2.09. The molecule has 0 bridgehead atoms. The molecule has 1 amide bonds. The van der Waals surface area contributed by atoms with Crippen LogP contribution in [0.2, 0.25) is 0 Å². The predicted molar refractivity (Wildman–Crippen MR) is 109 cm³/mol. The molecule has 2 rings (SSSR count). The second-order valence-electron chi connectivity index (χ2n) is 5.97. The van der Waals surface area contributed by atoms with Crippen LogP contribution in [0.5, 0.6) is 11.5 Å². The number of hydrogen-bond donors (Lipinski definition) is 1. The molecule has 0 aliphatic carbocycles. The minimum atomic E-state index is -0.662. The van der Waals surface area contributed by atoms with Crippen molar-refractivity contribution in [3.05, 3.63) is 59.7 Å². The van der Waals surface area contributed by atoms with Gasteiger partial charge in [-0.2, -0.15) is 0 Å². The van der Waals surface area contributed by atoms with E-state index in [-0.39, 0.29) is 5.78 Å². The topological polar surface area (TPSA) is 90.9 Å². The van der Waals surface area contributed by atoms with Gasteiger partial charge >= 0.3 is 5.97 Å². The van der Waals surface area contributed by atoms with Crippen LogP contribution >= 0.6 is 0 Å². The summed E-state index contributed by atoms with van der Waals surface area (Å²) in [5.74, 6) is -0.112. The highest BCUT2D eigenvalue weighted by molar-refractivity contribution is 5.98. The molecule has 0 aliphatic heterocycles. The number of rotatable bonds is 9. The Morgan fingerprint density at radius 3 is 2.55 bits per heavy atom. The molecule has 7 nitrogen and oxygen atoms in total. The molecule has 0 atom stereocenters. The van der Waals surface area contributed by atoms with Crippen LogP contribution in [0.1, 0.15) is 29.8 Å². The molecule has 152 valence electrons. The molecule has 0 radical (unpaired) electrons. The van der Waals surface area contributed by atoms with E-state index in [4.69, 9.17) is 14.2 Å². The first kappa shape index (κ1) is 21.7. The minimum Gasteiger partial charge on any atom is -0.493 e. The second-order valence-corrected chi connectivity index (χ2v) is 5.97. The molecular weight excluding hydrogens is 374 g/mol. The van der Waals surface area contributed by atoms with Crippen molar-refractivity contribution in [3.8, 4) is 11.5 Å². The van der Waals surface area contributed by atoms with Gasteiger partial charge in [-0.1, -0.05) is 18.2 Å². The highest BCUT2D eigenvalue weighted by Gasteiger charge is 2.08. The van der Waals surface area contributed by atoms with Crippen LogP contribution in [0.4, 0.5) is 5.69 Å². The Morgan fingerprint density at radius 1 is 1.07 bits per heavy atom. The van der Waals surface area contributed by atoms with E-state index in [0.717, 1.165) is 0 Å². The quantitative estimate of drug-likeness (QED) is 0.396. The van der Waals surface area contributed by atoms with Gasteiger partial charge in [-0.05, 0) is 49.8 Å². The van der Waals surface area contributed by atoms with E-state index < -0.39 is 18.5 Å². The molecule has 0 spiro atoms. The van der Waals surface area contributed by atoms with Crippen molar-refractivity contribution < 1.29 is 28.6 Å². The molecule has 2 aromatic rings. The van der Waals surface area contributed by atoms with Crippen LogP contribution in [-0.4, -0.2) is 38.0 Å². The van der Waals surface area contributed by atoms with Gasteiger partial charge in [0.25, 0.3) is 5.91 Å². The maximum absolute atomic E-state index is 11.9. The number of carbonyl (C=O) groups excluding carboxylic acids is 3. The maximum atomic E-state index is 11.9. The summed E-state index contributed by atoms with van der Waals surface area (Å²) in [6.45, 7) is 3.38. The van der Waals surface area contributed by atoms with Gasteiger partial charge in [0.2, 0.25) is 0 Å². The fourth-order valence-corrected chi connectivity index (χ4v) is 2.42. The zero-order chi connectivity index (χ0) is 21.2. The summed E-state index contributed by atoms with van der Waals surface area (Å²) in [5, 5.41) is 2.58. The van der Waals surface area contributed by atoms with Crippen LogP contribution in [0.25, 0.3) is 6.08 Å². The number of methoxy groups -OCH3 is 1. The number of amides is 1. The second kappa shape index (κ2) is 10.7. The van der Waals surface area contributed by atoms with Gasteiger partial charge in [-0.25, -0.2) is 4.79 Å². The van der Waals surface area contributed by atoms with Gasteiger partial charge in [-0.15, -0.1) is 0 Å². The Balaban J connectivity index is 1.88. The third kappa shape index (κ3) is 6.80. The number of hydrogen-bond acceptors (Lipinski definition) is 6. The molecule has 1 N–H and O–H groups in total. The Labute approximate surface area is 169 Å².